The topological polar surface area (TPSA) is 82.9 Å². The first-order valence-corrected chi connectivity index (χ1v) is 9.92. The highest BCUT2D eigenvalue weighted by atomic mass is 35.5. The van der Waals surface area contributed by atoms with Crippen LogP contribution >= 0.6 is 23.8 Å². The van der Waals surface area contributed by atoms with Crippen molar-refractivity contribution in [3.05, 3.63) is 69.9 Å². The van der Waals surface area contributed by atoms with Gasteiger partial charge < -0.3 is 14.4 Å². The zero-order chi connectivity index (χ0) is 22.5. The molecule has 31 heavy (non-hydrogen) atoms. The molecule has 3 rings (SSSR count). The standard InChI is InChI=1S/C22H18ClN3O4S/c1-25-21(28)18(26(22(25)31)12-20(27)29-2)10-14-7-8-19(17(23)9-14)30-13-16-6-4-3-5-15(16)11-24/h3-10H,12-13H2,1-2H3. The number of rotatable bonds is 6. The summed E-state index contributed by atoms with van der Waals surface area (Å²) in [5.41, 5.74) is 2.15. The molecule has 0 bridgehead atoms. The third kappa shape index (κ3) is 4.85. The molecule has 1 saturated heterocycles. The Bertz CT molecular complexity index is 1130. The lowest BCUT2D eigenvalue weighted by atomic mass is 10.1. The molecule has 1 amide bonds. The summed E-state index contributed by atoms with van der Waals surface area (Å²) in [5.74, 6) is -0.414. The molecule has 0 saturated carbocycles. The molecule has 1 aliphatic rings. The molecule has 1 aliphatic heterocycles. The Morgan fingerprint density at radius 1 is 1.29 bits per heavy atom. The number of ether oxygens (including phenoxy) is 2. The SMILES string of the molecule is COC(=O)CN1C(=S)N(C)C(=O)C1=Cc1ccc(OCc2ccccc2C#N)c(Cl)c1. The second-order valence-corrected chi connectivity index (χ2v) is 7.36. The Morgan fingerprint density at radius 2 is 2.03 bits per heavy atom. The van der Waals surface area contributed by atoms with E-state index < -0.39 is 5.97 Å². The second-order valence-electron chi connectivity index (χ2n) is 6.59. The molecule has 9 heteroatoms. The van der Waals surface area contributed by atoms with E-state index >= 15 is 0 Å². The highest BCUT2D eigenvalue weighted by Crippen LogP contribution is 2.29. The number of benzene rings is 2. The maximum atomic E-state index is 12.6. The Hall–Kier alpha value is -3.41. The largest absolute Gasteiger partial charge is 0.487 e. The van der Waals surface area contributed by atoms with Crippen LogP contribution in [0, 0.1) is 11.3 Å². The number of amides is 1. The number of thiocarbonyl (C=S) groups is 1. The van der Waals surface area contributed by atoms with Gasteiger partial charge in [0.15, 0.2) is 5.11 Å². The van der Waals surface area contributed by atoms with Crippen molar-refractivity contribution < 1.29 is 19.1 Å². The van der Waals surface area contributed by atoms with Crippen molar-refractivity contribution in [2.45, 2.75) is 6.61 Å². The Kier molecular flexibility index (Phi) is 6.90. The van der Waals surface area contributed by atoms with Crippen LogP contribution in [0.4, 0.5) is 0 Å². The molecule has 0 spiro atoms. The monoisotopic (exact) mass is 455 g/mol. The number of halogens is 1. The number of methoxy groups -OCH3 is 1. The minimum Gasteiger partial charge on any atom is -0.487 e. The molecule has 1 fully saturated rings. The van der Waals surface area contributed by atoms with E-state index in [4.69, 9.17) is 28.6 Å². The van der Waals surface area contributed by atoms with E-state index in [9.17, 15) is 14.9 Å². The lowest BCUT2D eigenvalue weighted by Gasteiger charge is -2.17. The van der Waals surface area contributed by atoms with Gasteiger partial charge in [0.2, 0.25) is 0 Å². The maximum Gasteiger partial charge on any atom is 0.325 e. The number of likely N-dealkylation sites (N-methyl/N-ethyl adjacent to an activating group) is 1. The quantitative estimate of drug-likeness (QED) is 0.375. The van der Waals surface area contributed by atoms with Gasteiger partial charge in [0, 0.05) is 12.6 Å². The first-order valence-electron chi connectivity index (χ1n) is 9.14. The number of carbonyl (C=O) groups excluding carboxylic acids is 2. The molecule has 158 valence electrons. The number of carbonyl (C=O) groups is 2. The summed E-state index contributed by atoms with van der Waals surface area (Å²) in [4.78, 5) is 27.0. The maximum absolute atomic E-state index is 12.6. The van der Waals surface area contributed by atoms with Gasteiger partial charge in [-0.1, -0.05) is 35.9 Å². The van der Waals surface area contributed by atoms with Gasteiger partial charge in [0.05, 0.1) is 23.8 Å². The van der Waals surface area contributed by atoms with Gasteiger partial charge in [-0.3, -0.25) is 14.5 Å². The van der Waals surface area contributed by atoms with Crippen molar-refractivity contribution in [3.63, 3.8) is 0 Å². The van der Waals surface area contributed by atoms with Crippen molar-refractivity contribution in [1.82, 2.24) is 9.80 Å². The van der Waals surface area contributed by atoms with Crippen LogP contribution in [-0.4, -0.2) is 47.5 Å². The van der Waals surface area contributed by atoms with Crippen LogP contribution < -0.4 is 4.74 Å². The first-order chi connectivity index (χ1) is 14.8. The molecule has 0 N–H and O–H groups in total. The third-order valence-electron chi connectivity index (χ3n) is 4.63. The third-order valence-corrected chi connectivity index (χ3v) is 5.42. The van der Waals surface area contributed by atoms with Gasteiger partial charge in [-0.25, -0.2) is 0 Å². The number of nitriles is 1. The average Bonchev–Trinajstić information content (AvgIpc) is 2.97. The fraction of sp³-hybridized carbons (Fsp3) is 0.182. The molecule has 0 atom stereocenters. The van der Waals surface area contributed by atoms with Crippen LogP contribution in [0.25, 0.3) is 6.08 Å². The number of esters is 1. The zero-order valence-corrected chi connectivity index (χ0v) is 18.4. The van der Waals surface area contributed by atoms with E-state index in [0.717, 1.165) is 5.56 Å². The van der Waals surface area contributed by atoms with Crippen molar-refractivity contribution in [2.75, 3.05) is 20.7 Å². The van der Waals surface area contributed by atoms with E-state index in [-0.39, 0.29) is 29.9 Å². The molecule has 0 unspecified atom stereocenters. The van der Waals surface area contributed by atoms with Crippen LogP contribution in [0.1, 0.15) is 16.7 Å². The molecule has 2 aromatic carbocycles. The number of hydrogen-bond donors (Lipinski definition) is 0. The van der Waals surface area contributed by atoms with Gasteiger partial charge in [-0.2, -0.15) is 5.26 Å². The molecule has 0 radical (unpaired) electrons. The molecular weight excluding hydrogens is 438 g/mol. The molecule has 2 aromatic rings. The predicted molar refractivity (Wildman–Crippen MR) is 119 cm³/mol. The molecular formula is C22H18ClN3O4S. The fourth-order valence-corrected chi connectivity index (χ4v) is 3.43. The Balaban J connectivity index is 1.82. The van der Waals surface area contributed by atoms with Crippen LogP contribution in [0.15, 0.2) is 48.2 Å². The lowest BCUT2D eigenvalue weighted by molar-refractivity contribution is -0.140. The Labute approximate surface area is 190 Å². The minimum absolute atomic E-state index is 0.176. The summed E-state index contributed by atoms with van der Waals surface area (Å²) < 4.78 is 10.5. The van der Waals surface area contributed by atoms with Gasteiger partial charge in [0.1, 0.15) is 24.6 Å². The van der Waals surface area contributed by atoms with E-state index in [2.05, 4.69) is 10.8 Å². The summed E-state index contributed by atoms with van der Waals surface area (Å²) >= 11 is 11.6. The number of nitrogens with zero attached hydrogens (tertiary/aromatic N) is 3. The number of hydrogen-bond acceptors (Lipinski definition) is 6. The van der Waals surface area contributed by atoms with E-state index in [1.807, 2.05) is 12.1 Å². The smallest absolute Gasteiger partial charge is 0.325 e. The first kappa shape index (κ1) is 22.3. The van der Waals surface area contributed by atoms with Crippen LogP contribution in [-0.2, 0) is 20.9 Å². The Morgan fingerprint density at radius 3 is 2.71 bits per heavy atom. The van der Waals surface area contributed by atoms with Crippen molar-refractivity contribution >= 4 is 46.9 Å². The molecule has 0 aliphatic carbocycles. The average molecular weight is 456 g/mol. The summed E-state index contributed by atoms with van der Waals surface area (Å²) in [6, 6.07) is 14.3. The van der Waals surface area contributed by atoms with Gasteiger partial charge >= 0.3 is 5.97 Å². The highest BCUT2D eigenvalue weighted by molar-refractivity contribution is 7.80. The molecule has 1 heterocycles. The van der Waals surface area contributed by atoms with Crippen LogP contribution in [0.5, 0.6) is 5.75 Å². The van der Waals surface area contributed by atoms with Crippen LogP contribution in [0.3, 0.4) is 0 Å². The molecule has 7 nitrogen and oxygen atoms in total. The lowest BCUT2D eigenvalue weighted by Crippen LogP contribution is -2.33. The van der Waals surface area contributed by atoms with Gasteiger partial charge in [-0.15, -0.1) is 0 Å². The summed E-state index contributed by atoms with van der Waals surface area (Å²) in [5, 5.41) is 9.73. The van der Waals surface area contributed by atoms with E-state index in [1.165, 1.54) is 16.9 Å². The molecule has 0 aromatic heterocycles. The van der Waals surface area contributed by atoms with Crippen molar-refractivity contribution in [3.8, 4) is 11.8 Å². The summed E-state index contributed by atoms with van der Waals surface area (Å²) in [6.45, 7) is 0.0127. The van der Waals surface area contributed by atoms with Crippen molar-refractivity contribution in [2.24, 2.45) is 0 Å². The highest BCUT2D eigenvalue weighted by Gasteiger charge is 2.36. The summed E-state index contributed by atoms with van der Waals surface area (Å²) in [7, 11) is 2.81. The summed E-state index contributed by atoms with van der Waals surface area (Å²) in [6.07, 6.45) is 1.60. The normalized spacial score (nSPS) is 14.7. The van der Waals surface area contributed by atoms with Crippen molar-refractivity contribution in [1.29, 1.82) is 5.26 Å². The van der Waals surface area contributed by atoms with Gasteiger partial charge in [-0.05, 0) is 42.1 Å². The van der Waals surface area contributed by atoms with Gasteiger partial charge in [0.25, 0.3) is 5.91 Å². The second kappa shape index (κ2) is 9.60. The predicted octanol–water partition coefficient (Wildman–Crippen LogP) is 3.36. The van der Waals surface area contributed by atoms with Crippen LogP contribution in [0.2, 0.25) is 5.02 Å². The fourth-order valence-electron chi connectivity index (χ4n) is 2.94. The van der Waals surface area contributed by atoms with E-state index in [1.54, 1.807) is 43.5 Å². The minimum atomic E-state index is -0.518. The van der Waals surface area contributed by atoms with E-state index in [0.29, 0.717) is 21.9 Å². The zero-order valence-electron chi connectivity index (χ0n) is 16.8.